The SMILES string of the molecule is c1ccc(-c2nc3cccc(N(c4ccc(-c5cccc6ccccc56)cc4)c4ccc5c6c7ccccc7ccc6n(-c6ccccc6)c5c4)c3o2)cc1. The zero-order chi connectivity index (χ0) is 36.3. The van der Waals surface area contributed by atoms with Gasteiger partial charge < -0.3 is 13.9 Å². The van der Waals surface area contributed by atoms with Crippen molar-refractivity contribution in [2.24, 2.45) is 0 Å². The van der Waals surface area contributed by atoms with E-state index in [0.29, 0.717) is 5.89 Å². The third-order valence-corrected chi connectivity index (χ3v) is 10.8. The molecule has 258 valence electrons. The van der Waals surface area contributed by atoms with Gasteiger partial charge in [0.2, 0.25) is 5.89 Å². The van der Waals surface area contributed by atoms with Crippen molar-refractivity contribution in [3.8, 4) is 28.3 Å². The fourth-order valence-electron chi connectivity index (χ4n) is 8.28. The molecule has 0 amide bonds. The van der Waals surface area contributed by atoms with Gasteiger partial charge in [-0.05, 0) is 99.4 Å². The summed E-state index contributed by atoms with van der Waals surface area (Å²) < 4.78 is 9.06. The molecule has 0 aliphatic heterocycles. The van der Waals surface area contributed by atoms with E-state index in [9.17, 15) is 0 Å². The maximum atomic E-state index is 6.67. The molecule has 0 bridgehead atoms. The van der Waals surface area contributed by atoms with Crippen LogP contribution in [0, 0.1) is 0 Å². The van der Waals surface area contributed by atoms with Crippen LogP contribution in [-0.2, 0) is 0 Å². The molecule has 0 fully saturated rings. The van der Waals surface area contributed by atoms with Gasteiger partial charge in [-0.2, -0.15) is 0 Å². The van der Waals surface area contributed by atoms with Crippen LogP contribution in [0.25, 0.3) is 82.7 Å². The van der Waals surface area contributed by atoms with E-state index in [1.807, 2.05) is 36.4 Å². The molecule has 0 spiro atoms. The first-order valence-electron chi connectivity index (χ1n) is 18.6. The van der Waals surface area contributed by atoms with E-state index in [1.54, 1.807) is 0 Å². The summed E-state index contributed by atoms with van der Waals surface area (Å²) in [5.74, 6) is 0.598. The van der Waals surface area contributed by atoms with Crippen molar-refractivity contribution in [2.75, 3.05) is 4.90 Å². The first-order chi connectivity index (χ1) is 27.3. The van der Waals surface area contributed by atoms with E-state index in [2.05, 4.69) is 173 Å². The van der Waals surface area contributed by atoms with E-state index in [1.165, 1.54) is 43.4 Å². The maximum absolute atomic E-state index is 6.67. The number of hydrogen-bond acceptors (Lipinski definition) is 3. The number of oxazole rings is 1. The molecule has 0 N–H and O–H groups in total. The number of aromatic nitrogens is 2. The van der Waals surface area contributed by atoms with Crippen LogP contribution in [0.3, 0.4) is 0 Å². The van der Waals surface area contributed by atoms with Crippen molar-refractivity contribution in [1.82, 2.24) is 9.55 Å². The summed E-state index contributed by atoms with van der Waals surface area (Å²) >= 11 is 0. The molecule has 0 saturated carbocycles. The van der Waals surface area contributed by atoms with Crippen molar-refractivity contribution in [3.05, 3.63) is 200 Å². The Balaban J connectivity index is 1.16. The van der Waals surface area contributed by atoms with Crippen molar-refractivity contribution in [2.45, 2.75) is 0 Å². The average molecular weight is 704 g/mol. The highest BCUT2D eigenvalue weighted by Gasteiger charge is 2.22. The van der Waals surface area contributed by atoms with E-state index in [4.69, 9.17) is 9.40 Å². The zero-order valence-electron chi connectivity index (χ0n) is 29.8. The number of anilines is 3. The third kappa shape index (κ3) is 5.11. The summed E-state index contributed by atoms with van der Waals surface area (Å²) in [6.07, 6.45) is 0. The van der Waals surface area contributed by atoms with E-state index in [0.717, 1.165) is 50.5 Å². The Kier molecular flexibility index (Phi) is 7.14. The highest BCUT2D eigenvalue weighted by atomic mass is 16.3. The summed E-state index contributed by atoms with van der Waals surface area (Å²) in [5.41, 5.74) is 11.2. The van der Waals surface area contributed by atoms with Crippen LogP contribution in [-0.4, -0.2) is 9.55 Å². The molecule has 0 unspecified atom stereocenters. The van der Waals surface area contributed by atoms with Crippen LogP contribution in [0.2, 0.25) is 0 Å². The summed E-state index contributed by atoms with van der Waals surface area (Å²) in [7, 11) is 0. The number of rotatable bonds is 6. The van der Waals surface area contributed by atoms with Crippen molar-refractivity contribution >= 4 is 71.5 Å². The Morgan fingerprint density at radius 2 is 1.13 bits per heavy atom. The lowest BCUT2D eigenvalue weighted by Crippen LogP contribution is -2.10. The second kappa shape index (κ2) is 12.6. The largest absolute Gasteiger partial charge is 0.434 e. The first kappa shape index (κ1) is 31.1. The zero-order valence-corrected chi connectivity index (χ0v) is 29.8. The predicted octanol–water partition coefficient (Wildman–Crippen LogP) is 14.0. The number of benzene rings is 9. The van der Waals surface area contributed by atoms with Crippen LogP contribution >= 0.6 is 0 Å². The molecule has 0 radical (unpaired) electrons. The van der Waals surface area contributed by atoms with Crippen LogP contribution in [0.15, 0.2) is 205 Å². The van der Waals surface area contributed by atoms with Crippen molar-refractivity contribution < 1.29 is 4.42 Å². The van der Waals surface area contributed by atoms with Crippen LogP contribution in [0.5, 0.6) is 0 Å². The van der Waals surface area contributed by atoms with Gasteiger partial charge in [0.05, 0.1) is 16.7 Å². The Morgan fingerprint density at radius 3 is 1.95 bits per heavy atom. The van der Waals surface area contributed by atoms with Gasteiger partial charge in [0.1, 0.15) is 5.52 Å². The number of nitrogens with zero attached hydrogens (tertiary/aromatic N) is 3. The smallest absolute Gasteiger partial charge is 0.227 e. The van der Waals surface area contributed by atoms with E-state index < -0.39 is 0 Å². The minimum absolute atomic E-state index is 0.598. The van der Waals surface area contributed by atoms with E-state index in [-0.39, 0.29) is 0 Å². The number of para-hydroxylation sites is 2. The normalized spacial score (nSPS) is 11.6. The van der Waals surface area contributed by atoms with Gasteiger partial charge in [-0.1, -0.05) is 133 Å². The standard InChI is InChI=1S/C51H33N3O/c1-3-15-37(16-4-1)51-52-45-23-12-24-47(50(45)55-51)53(39-28-25-36(26-29-39)42-22-11-17-34-13-7-9-20-41(34)42)40-30-31-44-48(33-40)54(38-18-5-2-6-19-38)46-32-27-35-14-8-10-21-43(35)49(44)46/h1-33H. The molecule has 55 heavy (non-hydrogen) atoms. The van der Waals surface area contributed by atoms with E-state index >= 15 is 0 Å². The average Bonchev–Trinajstić information content (AvgIpc) is 3.85. The quantitative estimate of drug-likeness (QED) is 0.173. The number of hydrogen-bond donors (Lipinski definition) is 0. The first-order valence-corrected chi connectivity index (χ1v) is 18.6. The van der Waals surface area contributed by atoms with Gasteiger partial charge in [0.15, 0.2) is 5.58 Å². The van der Waals surface area contributed by atoms with Gasteiger partial charge >= 0.3 is 0 Å². The van der Waals surface area contributed by atoms with Gasteiger partial charge in [-0.15, -0.1) is 0 Å². The Morgan fingerprint density at radius 1 is 0.455 bits per heavy atom. The molecule has 0 aliphatic carbocycles. The summed E-state index contributed by atoms with van der Waals surface area (Å²) in [5, 5.41) is 7.39. The molecule has 0 saturated heterocycles. The fraction of sp³-hybridized carbons (Fsp3) is 0. The van der Waals surface area contributed by atoms with Crippen molar-refractivity contribution in [1.29, 1.82) is 0 Å². The lowest BCUT2D eigenvalue weighted by atomic mass is 9.98. The number of fused-ring (bicyclic) bond motifs is 7. The molecule has 4 nitrogen and oxygen atoms in total. The van der Waals surface area contributed by atoms with Crippen LogP contribution < -0.4 is 4.90 Å². The maximum Gasteiger partial charge on any atom is 0.227 e. The molecule has 0 aliphatic rings. The molecule has 0 atom stereocenters. The van der Waals surface area contributed by atoms with Gasteiger partial charge in [0, 0.05) is 33.4 Å². The Labute approximate surface area is 317 Å². The molecular formula is C51H33N3O. The van der Waals surface area contributed by atoms with Gasteiger partial charge in [-0.3, -0.25) is 0 Å². The summed E-state index contributed by atoms with van der Waals surface area (Å²) in [4.78, 5) is 7.27. The van der Waals surface area contributed by atoms with Crippen molar-refractivity contribution in [3.63, 3.8) is 0 Å². The second-order valence-electron chi connectivity index (χ2n) is 14.0. The Hall–Kier alpha value is -7.43. The lowest BCUT2D eigenvalue weighted by Gasteiger charge is -2.26. The lowest BCUT2D eigenvalue weighted by molar-refractivity contribution is 0.620. The minimum atomic E-state index is 0.598. The molecule has 2 heterocycles. The van der Waals surface area contributed by atoms with Gasteiger partial charge in [-0.25, -0.2) is 4.98 Å². The molecule has 9 aromatic carbocycles. The highest BCUT2D eigenvalue weighted by Crippen LogP contribution is 2.44. The molecule has 2 aromatic heterocycles. The predicted molar refractivity (Wildman–Crippen MR) is 229 cm³/mol. The Bertz CT molecular complexity index is 3190. The molecule has 11 aromatic rings. The third-order valence-electron chi connectivity index (χ3n) is 10.8. The van der Waals surface area contributed by atoms with Crippen LogP contribution in [0.1, 0.15) is 0 Å². The second-order valence-corrected chi connectivity index (χ2v) is 14.0. The highest BCUT2D eigenvalue weighted by molar-refractivity contribution is 6.21. The molecular weight excluding hydrogens is 671 g/mol. The fourth-order valence-corrected chi connectivity index (χ4v) is 8.28. The monoisotopic (exact) mass is 703 g/mol. The molecule has 11 rings (SSSR count). The topological polar surface area (TPSA) is 34.2 Å². The summed E-state index contributed by atoms with van der Waals surface area (Å²) in [6.45, 7) is 0. The molecule has 4 heteroatoms. The van der Waals surface area contributed by atoms with Crippen LogP contribution in [0.4, 0.5) is 17.1 Å². The minimum Gasteiger partial charge on any atom is -0.434 e. The van der Waals surface area contributed by atoms with Gasteiger partial charge in [0.25, 0.3) is 0 Å². The summed E-state index contributed by atoms with van der Waals surface area (Å²) in [6, 6.07) is 71.0.